The first-order valence-corrected chi connectivity index (χ1v) is 6.04. The summed E-state index contributed by atoms with van der Waals surface area (Å²) in [5, 5.41) is 2.85. The molecule has 2 heterocycles. The molecule has 0 unspecified atom stereocenters. The maximum Gasteiger partial charge on any atom is 0.256 e. The molecule has 0 spiro atoms. The molecule has 2 N–H and O–H groups in total. The summed E-state index contributed by atoms with van der Waals surface area (Å²) in [5.41, 5.74) is 4.32. The molecule has 1 amide bonds. The molecule has 96 valence electrons. The van der Waals surface area contributed by atoms with Crippen molar-refractivity contribution in [1.29, 1.82) is 0 Å². The molecule has 2 aromatic rings. The zero-order valence-corrected chi connectivity index (χ0v) is 10.8. The highest BCUT2D eigenvalue weighted by atomic mass is 16.5. The summed E-state index contributed by atoms with van der Waals surface area (Å²) in [6.07, 6.45) is 1.85. The highest BCUT2D eigenvalue weighted by Crippen LogP contribution is 2.35. The van der Waals surface area contributed by atoms with Crippen LogP contribution in [0.5, 0.6) is 5.75 Å². The summed E-state index contributed by atoms with van der Waals surface area (Å²) < 4.78 is 5.20. The lowest BCUT2D eigenvalue weighted by Gasteiger charge is -2.02. The quantitative estimate of drug-likeness (QED) is 0.810. The van der Waals surface area contributed by atoms with Crippen molar-refractivity contribution in [3.05, 3.63) is 47.3 Å². The van der Waals surface area contributed by atoms with Crippen LogP contribution in [0.1, 0.15) is 17.0 Å². The van der Waals surface area contributed by atoms with Gasteiger partial charge in [0.25, 0.3) is 5.91 Å². The fourth-order valence-electron chi connectivity index (χ4n) is 2.20. The van der Waals surface area contributed by atoms with E-state index in [1.54, 1.807) is 7.11 Å². The first-order valence-electron chi connectivity index (χ1n) is 6.04. The van der Waals surface area contributed by atoms with E-state index >= 15 is 0 Å². The van der Waals surface area contributed by atoms with Gasteiger partial charge in [-0.25, -0.2) is 0 Å². The molecule has 4 nitrogen and oxygen atoms in total. The van der Waals surface area contributed by atoms with E-state index in [2.05, 4.69) is 10.3 Å². The average Bonchev–Trinajstić information content (AvgIpc) is 2.94. The van der Waals surface area contributed by atoms with Crippen molar-refractivity contribution >= 4 is 23.2 Å². The molecule has 1 aliphatic heterocycles. The van der Waals surface area contributed by atoms with E-state index in [0.717, 1.165) is 28.4 Å². The number of H-pyrrole nitrogens is 1. The van der Waals surface area contributed by atoms with Crippen molar-refractivity contribution < 1.29 is 9.53 Å². The number of aromatic amines is 1. The Morgan fingerprint density at radius 2 is 2.05 bits per heavy atom. The van der Waals surface area contributed by atoms with Crippen LogP contribution in [0.25, 0.3) is 11.6 Å². The summed E-state index contributed by atoms with van der Waals surface area (Å²) in [7, 11) is 1.61. The van der Waals surface area contributed by atoms with E-state index in [1.807, 2.05) is 43.3 Å². The SMILES string of the molecule is COc1ccc2c(c1)C(=Cc1ccc(C)[nH]1)C(=O)N2. The van der Waals surface area contributed by atoms with Crippen molar-refractivity contribution in [3.63, 3.8) is 0 Å². The van der Waals surface area contributed by atoms with Crippen LogP contribution < -0.4 is 10.1 Å². The third-order valence-electron chi connectivity index (χ3n) is 3.16. The highest BCUT2D eigenvalue weighted by molar-refractivity contribution is 6.34. The summed E-state index contributed by atoms with van der Waals surface area (Å²) >= 11 is 0. The number of hydrogen-bond donors (Lipinski definition) is 2. The number of amides is 1. The number of methoxy groups -OCH3 is 1. The Morgan fingerprint density at radius 3 is 2.74 bits per heavy atom. The molecule has 0 bridgehead atoms. The van der Waals surface area contributed by atoms with Crippen LogP contribution in [-0.2, 0) is 4.79 Å². The smallest absolute Gasteiger partial charge is 0.256 e. The number of aromatic nitrogens is 1. The van der Waals surface area contributed by atoms with Gasteiger partial charge in [0.2, 0.25) is 0 Å². The number of hydrogen-bond acceptors (Lipinski definition) is 2. The minimum absolute atomic E-state index is 0.0875. The first-order chi connectivity index (χ1) is 9.17. The van der Waals surface area contributed by atoms with Crippen LogP contribution in [0, 0.1) is 6.92 Å². The van der Waals surface area contributed by atoms with Crippen molar-refractivity contribution in [2.24, 2.45) is 0 Å². The number of rotatable bonds is 2. The van der Waals surface area contributed by atoms with Crippen LogP contribution in [0.2, 0.25) is 0 Å². The lowest BCUT2D eigenvalue weighted by molar-refractivity contribution is -0.110. The standard InChI is InChI=1S/C15H14N2O2/c1-9-3-4-10(16-9)7-13-12-8-11(19-2)5-6-14(12)17-15(13)18/h3-8,16H,1-2H3,(H,17,18). The van der Waals surface area contributed by atoms with Crippen LogP contribution in [-0.4, -0.2) is 18.0 Å². The predicted molar refractivity (Wildman–Crippen MR) is 75.0 cm³/mol. The molecular weight excluding hydrogens is 240 g/mol. The lowest BCUT2D eigenvalue weighted by Crippen LogP contribution is -2.03. The number of anilines is 1. The molecule has 0 saturated heterocycles. The topological polar surface area (TPSA) is 54.1 Å². The molecule has 3 rings (SSSR count). The molecule has 4 heteroatoms. The number of nitrogens with one attached hydrogen (secondary N) is 2. The molecular formula is C15H14N2O2. The second-order valence-corrected chi connectivity index (χ2v) is 4.52. The second-order valence-electron chi connectivity index (χ2n) is 4.52. The summed E-state index contributed by atoms with van der Waals surface area (Å²) in [6.45, 7) is 1.98. The normalized spacial score (nSPS) is 15.5. The van der Waals surface area contributed by atoms with Crippen molar-refractivity contribution in [3.8, 4) is 5.75 Å². The minimum Gasteiger partial charge on any atom is -0.497 e. The van der Waals surface area contributed by atoms with Gasteiger partial charge in [0.05, 0.1) is 12.7 Å². The van der Waals surface area contributed by atoms with Crippen LogP contribution in [0.3, 0.4) is 0 Å². The highest BCUT2D eigenvalue weighted by Gasteiger charge is 2.24. The van der Waals surface area contributed by atoms with Gasteiger partial charge in [-0.2, -0.15) is 0 Å². The van der Waals surface area contributed by atoms with Crippen LogP contribution in [0.15, 0.2) is 30.3 Å². The zero-order chi connectivity index (χ0) is 13.4. The maximum atomic E-state index is 12.0. The number of ether oxygens (including phenoxy) is 1. The minimum atomic E-state index is -0.0875. The monoisotopic (exact) mass is 254 g/mol. The predicted octanol–water partition coefficient (Wildman–Crippen LogP) is 2.82. The van der Waals surface area contributed by atoms with Crippen LogP contribution in [0.4, 0.5) is 5.69 Å². The molecule has 0 atom stereocenters. The van der Waals surface area contributed by atoms with Gasteiger partial charge in [-0.15, -0.1) is 0 Å². The Labute approximate surface area is 111 Å². The van der Waals surface area contributed by atoms with Gasteiger partial charge in [-0.1, -0.05) is 0 Å². The van der Waals surface area contributed by atoms with Gasteiger partial charge in [-0.3, -0.25) is 4.79 Å². The number of aryl methyl sites for hydroxylation is 1. The number of benzene rings is 1. The Kier molecular flexibility index (Phi) is 2.63. The number of fused-ring (bicyclic) bond motifs is 1. The van der Waals surface area contributed by atoms with Gasteiger partial charge >= 0.3 is 0 Å². The molecule has 0 fully saturated rings. The van der Waals surface area contributed by atoms with Crippen molar-refractivity contribution in [2.75, 3.05) is 12.4 Å². The summed E-state index contributed by atoms with van der Waals surface area (Å²) in [6, 6.07) is 9.49. The number of carbonyl (C=O) groups excluding carboxylic acids is 1. The van der Waals surface area contributed by atoms with E-state index in [9.17, 15) is 4.79 Å². The molecule has 19 heavy (non-hydrogen) atoms. The van der Waals surface area contributed by atoms with Gasteiger partial charge in [0, 0.05) is 22.6 Å². The van der Waals surface area contributed by atoms with E-state index < -0.39 is 0 Å². The summed E-state index contributed by atoms with van der Waals surface area (Å²) in [4.78, 5) is 15.2. The van der Waals surface area contributed by atoms with Gasteiger partial charge in [-0.05, 0) is 43.3 Å². The maximum absolute atomic E-state index is 12.0. The van der Waals surface area contributed by atoms with Crippen molar-refractivity contribution in [1.82, 2.24) is 4.98 Å². The molecule has 0 radical (unpaired) electrons. The zero-order valence-electron chi connectivity index (χ0n) is 10.8. The van der Waals surface area contributed by atoms with Gasteiger partial charge in [0.1, 0.15) is 5.75 Å². The molecule has 1 aromatic carbocycles. The third kappa shape index (κ3) is 2.01. The van der Waals surface area contributed by atoms with E-state index in [4.69, 9.17) is 4.74 Å². The lowest BCUT2D eigenvalue weighted by atomic mass is 10.1. The fourth-order valence-corrected chi connectivity index (χ4v) is 2.20. The molecule has 0 aliphatic carbocycles. The molecule has 0 saturated carbocycles. The Bertz CT molecular complexity index is 683. The van der Waals surface area contributed by atoms with E-state index in [0.29, 0.717) is 5.57 Å². The third-order valence-corrected chi connectivity index (χ3v) is 3.16. The average molecular weight is 254 g/mol. The van der Waals surface area contributed by atoms with Crippen molar-refractivity contribution in [2.45, 2.75) is 6.92 Å². The fraction of sp³-hybridized carbons (Fsp3) is 0.133. The van der Waals surface area contributed by atoms with Gasteiger partial charge < -0.3 is 15.0 Å². The van der Waals surface area contributed by atoms with E-state index in [1.165, 1.54) is 0 Å². The second kappa shape index (κ2) is 4.31. The molecule has 1 aliphatic rings. The van der Waals surface area contributed by atoms with Gasteiger partial charge in [0.15, 0.2) is 0 Å². The largest absolute Gasteiger partial charge is 0.497 e. The van der Waals surface area contributed by atoms with E-state index in [-0.39, 0.29) is 5.91 Å². The summed E-state index contributed by atoms with van der Waals surface area (Å²) in [5.74, 6) is 0.652. The Balaban J connectivity index is 2.08. The first kappa shape index (κ1) is 11.6. The molecule has 1 aromatic heterocycles. The van der Waals surface area contributed by atoms with Crippen LogP contribution >= 0.6 is 0 Å². The number of carbonyl (C=O) groups is 1. The Hall–Kier alpha value is -2.49. The Morgan fingerprint density at radius 1 is 1.21 bits per heavy atom.